The Kier molecular flexibility index (Phi) is 4.36. The molecule has 0 bridgehead atoms. The maximum Gasteiger partial charge on any atom is 0.363 e. The van der Waals surface area contributed by atoms with Gasteiger partial charge in [-0.2, -0.15) is 0 Å². The van der Waals surface area contributed by atoms with E-state index in [-0.39, 0.29) is 11.9 Å². The largest absolute Gasteiger partial charge is 0.379 e. The summed E-state index contributed by atoms with van der Waals surface area (Å²) in [5, 5.41) is 13.4. The van der Waals surface area contributed by atoms with E-state index >= 15 is 0 Å². The van der Waals surface area contributed by atoms with Crippen LogP contribution in [-0.2, 0) is 10.8 Å². The van der Waals surface area contributed by atoms with Crippen LogP contribution in [0.5, 0.6) is 0 Å². The molecule has 0 saturated heterocycles. The lowest BCUT2D eigenvalue weighted by molar-refractivity contribution is -0.389. The number of nitro groups is 1. The average Bonchev–Trinajstić information content (AvgIpc) is 2.16. The first kappa shape index (κ1) is 12.6. The summed E-state index contributed by atoms with van der Waals surface area (Å²) in [6.07, 6.45) is 3.03. The van der Waals surface area contributed by atoms with Crippen LogP contribution in [0, 0.1) is 10.1 Å². The molecule has 88 valence electrons. The van der Waals surface area contributed by atoms with E-state index in [9.17, 15) is 14.3 Å². The topological polar surface area (TPSA) is 85.1 Å². The molecule has 0 aliphatic heterocycles. The summed E-state index contributed by atoms with van der Waals surface area (Å²) in [5.41, 5.74) is 0.684. The molecule has 0 radical (unpaired) electrons. The Labute approximate surface area is 95.7 Å². The number of aromatic nitrogens is 1. The second-order valence-corrected chi connectivity index (χ2v) is 4.93. The van der Waals surface area contributed by atoms with Gasteiger partial charge >= 0.3 is 5.82 Å². The van der Waals surface area contributed by atoms with Crippen LogP contribution in [0.3, 0.4) is 0 Å². The molecule has 1 heterocycles. The van der Waals surface area contributed by atoms with Crippen molar-refractivity contribution >= 4 is 22.3 Å². The van der Waals surface area contributed by atoms with E-state index in [1.807, 2.05) is 6.92 Å². The summed E-state index contributed by atoms with van der Waals surface area (Å²) in [6, 6.07) is 2.95. The van der Waals surface area contributed by atoms with Crippen LogP contribution in [0.1, 0.15) is 6.92 Å². The predicted octanol–water partition coefficient (Wildman–Crippen LogP) is 1.17. The van der Waals surface area contributed by atoms with Crippen molar-refractivity contribution in [2.24, 2.45) is 0 Å². The molecule has 1 rings (SSSR count). The van der Waals surface area contributed by atoms with Crippen LogP contribution < -0.4 is 5.32 Å². The maximum atomic E-state index is 11.0. The fourth-order valence-corrected chi connectivity index (χ4v) is 2.05. The number of nitrogens with one attached hydrogen (secondary N) is 1. The van der Waals surface area contributed by atoms with Crippen LogP contribution in [0.2, 0.25) is 0 Å². The highest BCUT2D eigenvalue weighted by Gasteiger charge is 2.08. The highest BCUT2D eigenvalue weighted by Crippen LogP contribution is 2.12. The van der Waals surface area contributed by atoms with Crippen molar-refractivity contribution in [2.45, 2.75) is 13.0 Å². The Morgan fingerprint density at radius 3 is 2.75 bits per heavy atom. The molecule has 0 amide bonds. The lowest BCUT2D eigenvalue weighted by Crippen LogP contribution is -2.22. The lowest BCUT2D eigenvalue weighted by Gasteiger charge is -2.12. The molecule has 0 spiro atoms. The molecular weight excluding hydrogens is 230 g/mol. The summed E-state index contributed by atoms with van der Waals surface area (Å²) in [5.74, 6) is 0.342. The van der Waals surface area contributed by atoms with E-state index in [1.165, 1.54) is 12.3 Å². The standard InChI is InChI=1S/C9H13N3O3S/c1-7(6-16(2)15)11-8-3-4-9(10-5-8)12(13)14/h3-5,7,11H,6H2,1-2H3. The molecule has 6 nitrogen and oxygen atoms in total. The number of pyridine rings is 1. The summed E-state index contributed by atoms with van der Waals surface area (Å²) in [4.78, 5) is 13.5. The van der Waals surface area contributed by atoms with E-state index in [4.69, 9.17) is 0 Å². The van der Waals surface area contributed by atoms with E-state index in [2.05, 4.69) is 10.3 Å². The molecule has 7 heteroatoms. The smallest absolute Gasteiger partial charge is 0.363 e. The molecule has 1 N–H and O–H groups in total. The van der Waals surface area contributed by atoms with Gasteiger partial charge in [0.05, 0.1) is 5.69 Å². The highest BCUT2D eigenvalue weighted by molar-refractivity contribution is 7.84. The fraction of sp³-hybridized carbons (Fsp3) is 0.444. The molecule has 1 aromatic heterocycles. The average molecular weight is 243 g/mol. The number of hydrogen-bond donors (Lipinski definition) is 1. The number of anilines is 1. The second kappa shape index (κ2) is 5.55. The normalized spacial score (nSPS) is 14.1. The predicted molar refractivity (Wildman–Crippen MR) is 62.9 cm³/mol. The number of rotatable bonds is 5. The van der Waals surface area contributed by atoms with E-state index < -0.39 is 15.7 Å². The van der Waals surface area contributed by atoms with Gasteiger partial charge in [-0.25, -0.2) is 0 Å². The van der Waals surface area contributed by atoms with Crippen molar-refractivity contribution < 1.29 is 9.13 Å². The van der Waals surface area contributed by atoms with Gasteiger partial charge in [-0.05, 0) is 22.9 Å². The van der Waals surface area contributed by atoms with E-state index in [0.717, 1.165) is 0 Å². The highest BCUT2D eigenvalue weighted by atomic mass is 32.2. The Bertz CT molecular complexity index is 393. The molecule has 0 fully saturated rings. The monoisotopic (exact) mass is 243 g/mol. The zero-order valence-electron chi connectivity index (χ0n) is 9.04. The molecule has 2 unspecified atom stereocenters. The maximum absolute atomic E-state index is 11.0. The van der Waals surface area contributed by atoms with Gasteiger partial charge in [-0.15, -0.1) is 0 Å². The van der Waals surface area contributed by atoms with Gasteiger partial charge in [-0.3, -0.25) is 4.21 Å². The molecular formula is C9H13N3O3S. The Hall–Kier alpha value is -1.50. The lowest BCUT2D eigenvalue weighted by atomic mass is 10.3. The summed E-state index contributed by atoms with van der Waals surface area (Å²) < 4.78 is 11.0. The molecule has 0 aromatic carbocycles. The number of nitrogens with zero attached hydrogens (tertiary/aromatic N) is 2. The minimum atomic E-state index is -0.872. The van der Waals surface area contributed by atoms with E-state index in [0.29, 0.717) is 11.4 Å². The first-order chi connectivity index (χ1) is 7.49. The first-order valence-corrected chi connectivity index (χ1v) is 6.38. The third kappa shape index (κ3) is 3.93. The Morgan fingerprint density at radius 1 is 1.62 bits per heavy atom. The second-order valence-electron chi connectivity index (χ2n) is 3.45. The van der Waals surface area contributed by atoms with Crippen LogP contribution in [0.25, 0.3) is 0 Å². The third-order valence-corrected chi connectivity index (χ3v) is 2.80. The SMILES string of the molecule is CC(CS(C)=O)Nc1ccc([N+](=O)[O-])nc1. The quantitative estimate of drug-likeness (QED) is 0.619. The Balaban J connectivity index is 2.61. The molecule has 2 atom stereocenters. The third-order valence-electron chi connectivity index (χ3n) is 1.83. The van der Waals surface area contributed by atoms with Gasteiger partial charge < -0.3 is 15.4 Å². The van der Waals surface area contributed by atoms with Crippen LogP contribution >= 0.6 is 0 Å². The van der Waals surface area contributed by atoms with Gasteiger partial charge in [-0.1, -0.05) is 0 Å². The summed E-state index contributed by atoms with van der Waals surface area (Å²) in [7, 11) is -0.872. The van der Waals surface area contributed by atoms with Crippen molar-refractivity contribution in [2.75, 3.05) is 17.3 Å². The number of hydrogen-bond acceptors (Lipinski definition) is 5. The van der Waals surface area contributed by atoms with Crippen LogP contribution in [0.15, 0.2) is 18.3 Å². The molecule has 0 aliphatic rings. The van der Waals surface area contributed by atoms with Gasteiger partial charge in [0.2, 0.25) is 0 Å². The van der Waals surface area contributed by atoms with E-state index in [1.54, 1.807) is 12.3 Å². The van der Waals surface area contributed by atoms with Crippen molar-refractivity contribution in [3.8, 4) is 0 Å². The van der Waals surface area contributed by atoms with Gasteiger partial charge in [0.25, 0.3) is 0 Å². The minimum absolute atomic E-state index is 0.0362. The minimum Gasteiger partial charge on any atom is -0.379 e. The van der Waals surface area contributed by atoms with Crippen molar-refractivity contribution in [3.05, 3.63) is 28.4 Å². The molecule has 16 heavy (non-hydrogen) atoms. The zero-order chi connectivity index (χ0) is 12.1. The van der Waals surface area contributed by atoms with Crippen LogP contribution in [-0.4, -0.2) is 32.2 Å². The van der Waals surface area contributed by atoms with Gasteiger partial charge in [0, 0.05) is 34.9 Å². The van der Waals surface area contributed by atoms with Gasteiger partial charge in [0.15, 0.2) is 6.20 Å². The summed E-state index contributed by atoms with van der Waals surface area (Å²) >= 11 is 0. The Morgan fingerprint density at radius 2 is 2.31 bits per heavy atom. The summed E-state index contributed by atoms with van der Waals surface area (Å²) in [6.45, 7) is 1.89. The van der Waals surface area contributed by atoms with Crippen molar-refractivity contribution in [1.29, 1.82) is 0 Å². The van der Waals surface area contributed by atoms with Crippen molar-refractivity contribution in [1.82, 2.24) is 4.98 Å². The van der Waals surface area contributed by atoms with Gasteiger partial charge in [0.1, 0.15) is 0 Å². The molecule has 0 saturated carbocycles. The molecule has 1 aromatic rings. The van der Waals surface area contributed by atoms with Crippen molar-refractivity contribution in [3.63, 3.8) is 0 Å². The zero-order valence-corrected chi connectivity index (χ0v) is 9.86. The first-order valence-electron chi connectivity index (χ1n) is 4.66. The fourth-order valence-electron chi connectivity index (χ4n) is 1.26. The molecule has 0 aliphatic carbocycles. The van der Waals surface area contributed by atoms with Crippen LogP contribution in [0.4, 0.5) is 11.5 Å².